The van der Waals surface area contributed by atoms with Crippen LogP contribution in [0, 0.1) is 0 Å². The van der Waals surface area contributed by atoms with E-state index >= 15 is 0 Å². The van der Waals surface area contributed by atoms with Gasteiger partial charge in [0.05, 0.1) is 6.10 Å². The van der Waals surface area contributed by atoms with Crippen molar-refractivity contribution in [3.8, 4) is 0 Å². The first-order valence-electron chi connectivity index (χ1n) is 7.53. The standard InChI is InChI=1S/C15H32N2O/c1-6-8-14(11-16-15(3,4)5)17-9-7-10-18-13(2)12-17/h13-14,16H,6-12H2,1-5H3. The average Bonchev–Trinajstić information content (AvgIpc) is 2.48. The molecule has 3 heteroatoms. The van der Waals surface area contributed by atoms with Crippen LogP contribution in [0.3, 0.4) is 0 Å². The third-order valence-electron chi connectivity index (χ3n) is 3.49. The minimum absolute atomic E-state index is 0.208. The molecular weight excluding hydrogens is 224 g/mol. The Labute approximate surface area is 113 Å². The molecule has 1 heterocycles. The molecule has 0 amide bonds. The van der Waals surface area contributed by atoms with Crippen LogP contribution in [-0.4, -0.2) is 48.8 Å². The van der Waals surface area contributed by atoms with Gasteiger partial charge < -0.3 is 10.1 Å². The molecule has 1 aliphatic heterocycles. The maximum Gasteiger partial charge on any atom is 0.0674 e. The van der Waals surface area contributed by atoms with E-state index in [0.29, 0.717) is 12.1 Å². The van der Waals surface area contributed by atoms with E-state index in [0.717, 1.165) is 19.7 Å². The van der Waals surface area contributed by atoms with Crippen LogP contribution >= 0.6 is 0 Å². The van der Waals surface area contributed by atoms with Crippen molar-refractivity contribution in [1.29, 1.82) is 0 Å². The second-order valence-electron chi connectivity index (χ2n) is 6.60. The molecule has 1 fully saturated rings. The molecule has 0 aromatic rings. The van der Waals surface area contributed by atoms with Crippen molar-refractivity contribution in [3.05, 3.63) is 0 Å². The second kappa shape index (κ2) is 7.46. The Bertz CT molecular complexity index is 225. The van der Waals surface area contributed by atoms with Crippen LogP contribution in [0.4, 0.5) is 0 Å². The zero-order valence-corrected chi connectivity index (χ0v) is 13.0. The van der Waals surface area contributed by atoms with Gasteiger partial charge in [-0.05, 0) is 40.5 Å². The number of hydrogen-bond donors (Lipinski definition) is 1. The van der Waals surface area contributed by atoms with Crippen molar-refractivity contribution in [2.75, 3.05) is 26.2 Å². The minimum atomic E-state index is 0.208. The molecule has 108 valence electrons. The molecule has 0 aromatic carbocycles. The molecule has 0 bridgehead atoms. The summed E-state index contributed by atoms with van der Waals surface area (Å²) in [4.78, 5) is 2.62. The summed E-state index contributed by atoms with van der Waals surface area (Å²) in [6, 6.07) is 0.651. The Kier molecular flexibility index (Phi) is 6.61. The van der Waals surface area contributed by atoms with Gasteiger partial charge in [-0.2, -0.15) is 0 Å². The highest BCUT2D eigenvalue weighted by molar-refractivity contribution is 4.81. The van der Waals surface area contributed by atoms with E-state index < -0.39 is 0 Å². The molecule has 3 nitrogen and oxygen atoms in total. The summed E-state index contributed by atoms with van der Waals surface area (Å²) in [6.45, 7) is 15.5. The number of rotatable bonds is 5. The Hall–Kier alpha value is -0.120. The van der Waals surface area contributed by atoms with Gasteiger partial charge in [-0.3, -0.25) is 4.90 Å². The number of ether oxygens (including phenoxy) is 1. The van der Waals surface area contributed by atoms with E-state index in [2.05, 4.69) is 44.8 Å². The van der Waals surface area contributed by atoms with Gasteiger partial charge in [-0.15, -0.1) is 0 Å². The van der Waals surface area contributed by atoms with Crippen molar-refractivity contribution >= 4 is 0 Å². The first-order valence-corrected chi connectivity index (χ1v) is 7.53. The lowest BCUT2D eigenvalue weighted by atomic mass is 10.1. The first-order chi connectivity index (χ1) is 8.42. The fourth-order valence-corrected chi connectivity index (χ4v) is 2.53. The zero-order chi connectivity index (χ0) is 13.6. The Morgan fingerprint density at radius 2 is 2.11 bits per heavy atom. The lowest BCUT2D eigenvalue weighted by Crippen LogP contribution is -2.49. The lowest BCUT2D eigenvalue weighted by Gasteiger charge is -2.34. The maximum absolute atomic E-state index is 5.74. The Balaban J connectivity index is 2.53. The van der Waals surface area contributed by atoms with Gasteiger partial charge in [-0.25, -0.2) is 0 Å². The van der Waals surface area contributed by atoms with Crippen molar-refractivity contribution in [3.63, 3.8) is 0 Å². The molecule has 18 heavy (non-hydrogen) atoms. The average molecular weight is 256 g/mol. The van der Waals surface area contributed by atoms with Gasteiger partial charge in [0, 0.05) is 37.8 Å². The molecule has 1 N–H and O–H groups in total. The summed E-state index contributed by atoms with van der Waals surface area (Å²) in [5, 5.41) is 3.66. The molecule has 1 rings (SSSR count). The highest BCUT2D eigenvalue weighted by Crippen LogP contribution is 2.14. The lowest BCUT2D eigenvalue weighted by molar-refractivity contribution is 0.0589. The fourth-order valence-electron chi connectivity index (χ4n) is 2.53. The predicted octanol–water partition coefficient (Wildman–Crippen LogP) is 2.65. The van der Waals surface area contributed by atoms with Crippen LogP contribution in [0.25, 0.3) is 0 Å². The van der Waals surface area contributed by atoms with E-state index in [1.807, 2.05) is 0 Å². The van der Waals surface area contributed by atoms with Crippen LogP contribution < -0.4 is 5.32 Å². The molecule has 1 aliphatic rings. The van der Waals surface area contributed by atoms with E-state index in [4.69, 9.17) is 4.74 Å². The Morgan fingerprint density at radius 1 is 1.39 bits per heavy atom. The number of nitrogens with one attached hydrogen (secondary N) is 1. The van der Waals surface area contributed by atoms with Gasteiger partial charge in [0.15, 0.2) is 0 Å². The van der Waals surface area contributed by atoms with Gasteiger partial charge in [-0.1, -0.05) is 13.3 Å². The molecule has 0 radical (unpaired) electrons. The third kappa shape index (κ3) is 6.17. The number of nitrogens with zero attached hydrogens (tertiary/aromatic N) is 1. The highest BCUT2D eigenvalue weighted by atomic mass is 16.5. The van der Waals surface area contributed by atoms with E-state index in [-0.39, 0.29) is 5.54 Å². The van der Waals surface area contributed by atoms with Gasteiger partial charge in [0.1, 0.15) is 0 Å². The van der Waals surface area contributed by atoms with Gasteiger partial charge in [0.25, 0.3) is 0 Å². The maximum atomic E-state index is 5.74. The van der Waals surface area contributed by atoms with Gasteiger partial charge >= 0.3 is 0 Å². The summed E-state index contributed by atoms with van der Waals surface area (Å²) in [5.41, 5.74) is 0.208. The molecule has 0 saturated carbocycles. The predicted molar refractivity (Wildman–Crippen MR) is 78.1 cm³/mol. The van der Waals surface area contributed by atoms with Crippen LogP contribution in [0.2, 0.25) is 0 Å². The van der Waals surface area contributed by atoms with E-state index in [1.54, 1.807) is 0 Å². The third-order valence-corrected chi connectivity index (χ3v) is 3.49. The zero-order valence-electron chi connectivity index (χ0n) is 13.0. The van der Waals surface area contributed by atoms with Gasteiger partial charge in [0.2, 0.25) is 0 Å². The molecule has 1 saturated heterocycles. The van der Waals surface area contributed by atoms with Crippen molar-refractivity contribution in [2.45, 2.75) is 71.6 Å². The minimum Gasteiger partial charge on any atom is -0.377 e. The summed E-state index contributed by atoms with van der Waals surface area (Å²) in [5.74, 6) is 0. The molecule has 0 spiro atoms. The summed E-state index contributed by atoms with van der Waals surface area (Å²) < 4.78 is 5.74. The highest BCUT2D eigenvalue weighted by Gasteiger charge is 2.23. The van der Waals surface area contributed by atoms with Crippen molar-refractivity contribution < 1.29 is 4.74 Å². The van der Waals surface area contributed by atoms with E-state index in [9.17, 15) is 0 Å². The van der Waals surface area contributed by atoms with E-state index in [1.165, 1.54) is 25.8 Å². The smallest absolute Gasteiger partial charge is 0.0674 e. The molecule has 0 aliphatic carbocycles. The van der Waals surface area contributed by atoms with Crippen LogP contribution in [0.15, 0.2) is 0 Å². The second-order valence-corrected chi connectivity index (χ2v) is 6.60. The fraction of sp³-hybridized carbons (Fsp3) is 1.00. The number of hydrogen-bond acceptors (Lipinski definition) is 3. The molecule has 2 atom stereocenters. The largest absolute Gasteiger partial charge is 0.377 e. The molecule has 2 unspecified atom stereocenters. The topological polar surface area (TPSA) is 24.5 Å². The summed E-state index contributed by atoms with van der Waals surface area (Å²) in [6.07, 6.45) is 4.07. The quantitative estimate of drug-likeness (QED) is 0.818. The normalized spacial score (nSPS) is 24.8. The van der Waals surface area contributed by atoms with Crippen LogP contribution in [0.5, 0.6) is 0 Å². The van der Waals surface area contributed by atoms with Crippen LogP contribution in [0.1, 0.15) is 53.9 Å². The van der Waals surface area contributed by atoms with Crippen LogP contribution in [-0.2, 0) is 4.74 Å². The SMILES string of the molecule is CCCC(CNC(C)(C)C)N1CCCOC(C)C1. The summed E-state index contributed by atoms with van der Waals surface area (Å²) >= 11 is 0. The molecule has 0 aromatic heterocycles. The van der Waals surface area contributed by atoms with Crippen molar-refractivity contribution in [1.82, 2.24) is 10.2 Å². The van der Waals surface area contributed by atoms with Crippen molar-refractivity contribution in [2.24, 2.45) is 0 Å². The Morgan fingerprint density at radius 3 is 2.72 bits per heavy atom. The summed E-state index contributed by atoms with van der Waals surface area (Å²) in [7, 11) is 0. The first kappa shape index (κ1) is 15.9. The molecular formula is C15H32N2O. The monoisotopic (exact) mass is 256 g/mol.